The van der Waals surface area contributed by atoms with Gasteiger partial charge in [-0.15, -0.1) is 0 Å². The molecule has 0 aliphatic heterocycles. The predicted molar refractivity (Wildman–Crippen MR) is 120 cm³/mol. The number of sulfonamides is 1. The molecule has 8 heteroatoms. The van der Waals surface area contributed by atoms with Crippen molar-refractivity contribution in [3.8, 4) is 0 Å². The van der Waals surface area contributed by atoms with Crippen molar-refractivity contribution in [1.82, 2.24) is 9.29 Å². The van der Waals surface area contributed by atoms with E-state index in [1.165, 1.54) is 18.3 Å². The minimum Gasteiger partial charge on any atom is -0.358 e. The van der Waals surface area contributed by atoms with Gasteiger partial charge in [-0.2, -0.15) is 4.31 Å². The molecule has 0 radical (unpaired) electrons. The Balaban J connectivity index is 1.55. The molecule has 1 aliphatic rings. The number of aromatic amines is 1. The van der Waals surface area contributed by atoms with Gasteiger partial charge in [0.05, 0.1) is 11.4 Å². The largest absolute Gasteiger partial charge is 0.358 e. The van der Waals surface area contributed by atoms with Crippen molar-refractivity contribution < 1.29 is 13.2 Å². The summed E-state index contributed by atoms with van der Waals surface area (Å²) in [5, 5.41) is 4.19. The van der Waals surface area contributed by atoms with Gasteiger partial charge in [0.15, 0.2) is 0 Å². The van der Waals surface area contributed by atoms with E-state index in [-0.39, 0.29) is 11.4 Å². The van der Waals surface area contributed by atoms with Crippen LogP contribution >= 0.6 is 11.6 Å². The quantitative estimate of drug-likeness (QED) is 0.615. The number of fused-ring (bicyclic) bond motifs is 3. The first-order valence-electron chi connectivity index (χ1n) is 9.91. The normalized spacial score (nSPS) is 14.1. The number of likely N-dealkylation sites (N-methyl/N-ethyl adjacent to an activating group) is 1. The first kappa shape index (κ1) is 20.9. The number of aryl methyl sites for hydroxylation is 3. The van der Waals surface area contributed by atoms with Gasteiger partial charge in [-0.25, -0.2) is 8.42 Å². The first-order chi connectivity index (χ1) is 14.3. The zero-order valence-corrected chi connectivity index (χ0v) is 18.5. The van der Waals surface area contributed by atoms with E-state index in [9.17, 15) is 13.2 Å². The van der Waals surface area contributed by atoms with E-state index in [2.05, 4.69) is 10.3 Å². The number of carbonyl (C=O) groups excluding carboxylic acids is 1. The van der Waals surface area contributed by atoms with Crippen LogP contribution in [0.3, 0.4) is 0 Å². The summed E-state index contributed by atoms with van der Waals surface area (Å²) in [7, 11) is -2.39. The van der Waals surface area contributed by atoms with Crippen LogP contribution in [0.1, 0.15) is 29.7 Å². The van der Waals surface area contributed by atoms with E-state index in [0.29, 0.717) is 10.7 Å². The molecule has 6 nitrogen and oxygen atoms in total. The van der Waals surface area contributed by atoms with Crippen LogP contribution in [0.15, 0.2) is 41.3 Å². The fourth-order valence-electron chi connectivity index (χ4n) is 3.93. The Kier molecular flexibility index (Phi) is 5.61. The predicted octanol–water partition coefficient (Wildman–Crippen LogP) is 4.27. The summed E-state index contributed by atoms with van der Waals surface area (Å²) in [6.45, 7) is 1.55. The van der Waals surface area contributed by atoms with Gasteiger partial charge in [0.25, 0.3) is 0 Å². The van der Waals surface area contributed by atoms with Gasteiger partial charge in [-0.1, -0.05) is 17.7 Å². The Labute approximate surface area is 181 Å². The van der Waals surface area contributed by atoms with Gasteiger partial charge in [0, 0.05) is 34.4 Å². The SMILES string of the molecule is Cc1ccc(Cl)cc1NC(=O)CN(C)S(=O)(=O)c1ccc2[nH]c3c(c2c1)CCCC3. The number of H-pyrrole nitrogens is 1. The second-order valence-corrected chi connectivity index (χ2v) is 10.2. The molecule has 3 aromatic rings. The van der Waals surface area contributed by atoms with Crippen LogP contribution in [0.4, 0.5) is 5.69 Å². The average Bonchev–Trinajstić information content (AvgIpc) is 3.08. The van der Waals surface area contributed by atoms with E-state index < -0.39 is 15.9 Å². The topological polar surface area (TPSA) is 82.3 Å². The molecule has 0 saturated heterocycles. The summed E-state index contributed by atoms with van der Waals surface area (Å²) in [4.78, 5) is 16.1. The molecule has 30 heavy (non-hydrogen) atoms. The second-order valence-electron chi connectivity index (χ2n) is 7.77. The van der Waals surface area contributed by atoms with E-state index in [0.717, 1.165) is 46.5 Å². The molecule has 2 N–H and O–H groups in total. The second kappa shape index (κ2) is 8.06. The third-order valence-corrected chi connectivity index (χ3v) is 7.65. The van der Waals surface area contributed by atoms with Crippen molar-refractivity contribution >= 4 is 44.1 Å². The summed E-state index contributed by atoms with van der Waals surface area (Å²) in [6, 6.07) is 10.3. The molecular weight excluding hydrogens is 422 g/mol. The van der Waals surface area contributed by atoms with E-state index in [1.54, 1.807) is 30.3 Å². The number of benzene rings is 2. The van der Waals surface area contributed by atoms with Crippen molar-refractivity contribution in [1.29, 1.82) is 0 Å². The molecule has 1 aliphatic carbocycles. The van der Waals surface area contributed by atoms with Crippen LogP contribution in [0.2, 0.25) is 5.02 Å². The highest BCUT2D eigenvalue weighted by Gasteiger charge is 2.25. The van der Waals surface area contributed by atoms with Crippen molar-refractivity contribution in [3.63, 3.8) is 0 Å². The fraction of sp³-hybridized carbons (Fsp3) is 0.318. The van der Waals surface area contributed by atoms with E-state index in [4.69, 9.17) is 11.6 Å². The number of hydrogen-bond donors (Lipinski definition) is 2. The maximum Gasteiger partial charge on any atom is 0.243 e. The van der Waals surface area contributed by atoms with Crippen molar-refractivity contribution in [2.45, 2.75) is 37.5 Å². The molecule has 4 rings (SSSR count). The lowest BCUT2D eigenvalue weighted by atomic mass is 9.96. The smallest absolute Gasteiger partial charge is 0.243 e. The van der Waals surface area contributed by atoms with Crippen LogP contribution < -0.4 is 5.32 Å². The lowest BCUT2D eigenvalue weighted by Crippen LogP contribution is -2.35. The molecule has 1 amide bonds. The first-order valence-corrected chi connectivity index (χ1v) is 11.7. The monoisotopic (exact) mass is 445 g/mol. The Morgan fingerprint density at radius 2 is 1.93 bits per heavy atom. The van der Waals surface area contributed by atoms with Gasteiger partial charge in [0.1, 0.15) is 0 Å². The van der Waals surface area contributed by atoms with Crippen molar-refractivity contribution in [3.05, 3.63) is 58.2 Å². The van der Waals surface area contributed by atoms with Crippen LogP contribution in [0, 0.1) is 6.92 Å². The Morgan fingerprint density at radius 1 is 1.17 bits per heavy atom. The summed E-state index contributed by atoms with van der Waals surface area (Å²) < 4.78 is 27.3. The van der Waals surface area contributed by atoms with Crippen molar-refractivity contribution in [2.75, 3.05) is 18.9 Å². The standard InChI is InChI=1S/C22H24ClN3O3S/c1-14-7-8-15(23)11-21(14)25-22(27)13-26(2)30(28,29)16-9-10-20-18(12-16)17-5-3-4-6-19(17)24-20/h7-12,24H,3-6,13H2,1-2H3,(H,25,27). The molecule has 0 fully saturated rings. The zero-order valence-electron chi connectivity index (χ0n) is 17.0. The lowest BCUT2D eigenvalue weighted by molar-refractivity contribution is -0.116. The maximum atomic E-state index is 13.1. The highest BCUT2D eigenvalue weighted by Crippen LogP contribution is 2.31. The maximum absolute atomic E-state index is 13.1. The zero-order chi connectivity index (χ0) is 21.5. The summed E-state index contributed by atoms with van der Waals surface area (Å²) >= 11 is 5.99. The van der Waals surface area contributed by atoms with E-state index >= 15 is 0 Å². The van der Waals surface area contributed by atoms with Gasteiger partial charge in [-0.05, 0) is 74.1 Å². The molecule has 0 saturated carbocycles. The number of carbonyl (C=O) groups is 1. The Morgan fingerprint density at radius 3 is 2.73 bits per heavy atom. The molecule has 0 unspecified atom stereocenters. The number of amides is 1. The molecule has 1 aromatic heterocycles. The molecule has 1 heterocycles. The summed E-state index contributed by atoms with van der Waals surface area (Å²) in [6.07, 6.45) is 4.21. The Hall–Kier alpha value is -2.35. The van der Waals surface area contributed by atoms with Gasteiger partial charge >= 0.3 is 0 Å². The number of anilines is 1. The lowest BCUT2D eigenvalue weighted by Gasteiger charge is -2.18. The molecule has 0 spiro atoms. The van der Waals surface area contributed by atoms with Crippen LogP contribution in [-0.2, 0) is 27.7 Å². The number of nitrogens with one attached hydrogen (secondary N) is 2. The molecule has 0 bridgehead atoms. The molecule has 0 atom stereocenters. The molecule has 158 valence electrons. The number of nitrogens with zero attached hydrogens (tertiary/aromatic N) is 1. The highest BCUT2D eigenvalue weighted by molar-refractivity contribution is 7.89. The molecule has 2 aromatic carbocycles. The van der Waals surface area contributed by atoms with Gasteiger partial charge in [-0.3, -0.25) is 4.79 Å². The van der Waals surface area contributed by atoms with Crippen LogP contribution in [-0.4, -0.2) is 37.2 Å². The van der Waals surface area contributed by atoms with Gasteiger partial charge in [0.2, 0.25) is 15.9 Å². The number of hydrogen-bond acceptors (Lipinski definition) is 3. The van der Waals surface area contributed by atoms with E-state index in [1.807, 2.05) is 13.0 Å². The number of aromatic nitrogens is 1. The minimum atomic E-state index is -3.81. The average molecular weight is 446 g/mol. The van der Waals surface area contributed by atoms with Gasteiger partial charge < -0.3 is 10.3 Å². The number of rotatable bonds is 5. The fourth-order valence-corrected chi connectivity index (χ4v) is 5.26. The highest BCUT2D eigenvalue weighted by atomic mass is 35.5. The minimum absolute atomic E-state index is 0.191. The third-order valence-electron chi connectivity index (χ3n) is 5.62. The summed E-state index contributed by atoms with van der Waals surface area (Å²) in [5.41, 5.74) is 4.79. The molecular formula is C22H24ClN3O3S. The van der Waals surface area contributed by atoms with Crippen molar-refractivity contribution in [2.24, 2.45) is 0 Å². The van der Waals surface area contributed by atoms with Crippen LogP contribution in [0.25, 0.3) is 10.9 Å². The summed E-state index contributed by atoms with van der Waals surface area (Å²) in [5.74, 6) is -0.424. The third kappa shape index (κ3) is 3.97. The number of halogens is 1. The van der Waals surface area contributed by atoms with Crippen LogP contribution in [0.5, 0.6) is 0 Å². The Bertz CT molecular complexity index is 1230.